The minimum Gasteiger partial charge on any atom is -0.302 e. The lowest BCUT2D eigenvalue weighted by Gasteiger charge is -2.28. The van der Waals surface area contributed by atoms with E-state index in [0.717, 1.165) is 5.25 Å². The number of rotatable bonds is 4. The van der Waals surface area contributed by atoms with Gasteiger partial charge in [0.05, 0.1) is 4.87 Å². The highest BCUT2D eigenvalue weighted by Crippen LogP contribution is 2.39. The molecular formula is C10H21NS. The molecule has 72 valence electrons. The predicted molar refractivity (Wildman–Crippen MR) is 57.6 cm³/mol. The van der Waals surface area contributed by atoms with E-state index in [-0.39, 0.29) is 0 Å². The second-order valence-corrected chi connectivity index (χ2v) is 5.63. The lowest BCUT2D eigenvalue weighted by atomic mass is 10.1. The highest BCUT2D eigenvalue weighted by atomic mass is 32.2. The normalized spacial score (nSPS) is 27.8. The zero-order valence-corrected chi connectivity index (χ0v) is 9.34. The van der Waals surface area contributed by atoms with Gasteiger partial charge in [0, 0.05) is 11.8 Å². The van der Waals surface area contributed by atoms with E-state index in [1.165, 1.54) is 32.2 Å². The second-order valence-electron chi connectivity index (χ2n) is 3.80. The lowest BCUT2D eigenvalue weighted by Crippen LogP contribution is -2.36. The molecule has 0 radical (unpaired) electrons. The van der Waals surface area contributed by atoms with Gasteiger partial charge in [0.1, 0.15) is 0 Å². The van der Waals surface area contributed by atoms with Gasteiger partial charge in [-0.15, -0.1) is 11.8 Å². The van der Waals surface area contributed by atoms with E-state index in [1.54, 1.807) is 0 Å². The second kappa shape index (κ2) is 4.52. The average Bonchev–Trinajstić information content (AvgIpc) is 2.34. The first-order valence-corrected chi connectivity index (χ1v) is 6.03. The van der Waals surface area contributed by atoms with Crippen LogP contribution in [-0.4, -0.2) is 16.7 Å². The first-order valence-electron chi connectivity index (χ1n) is 5.15. The molecule has 1 aliphatic heterocycles. The summed E-state index contributed by atoms with van der Waals surface area (Å²) in [6.45, 7) is 8.08. The van der Waals surface area contributed by atoms with Crippen LogP contribution in [0.5, 0.6) is 0 Å². The SMILES string of the molecule is CCCC1(CCC)NCC(C)S1. The smallest absolute Gasteiger partial charge is 0.0648 e. The van der Waals surface area contributed by atoms with Crippen LogP contribution in [0.4, 0.5) is 0 Å². The maximum absolute atomic E-state index is 3.68. The van der Waals surface area contributed by atoms with Crippen molar-refractivity contribution in [2.45, 2.75) is 56.6 Å². The number of thioether (sulfide) groups is 1. The van der Waals surface area contributed by atoms with E-state index in [9.17, 15) is 0 Å². The van der Waals surface area contributed by atoms with Gasteiger partial charge >= 0.3 is 0 Å². The molecule has 0 aromatic carbocycles. The number of hydrogen-bond donors (Lipinski definition) is 1. The summed E-state index contributed by atoms with van der Waals surface area (Å²) in [4.78, 5) is 0.433. The van der Waals surface area contributed by atoms with E-state index in [1.807, 2.05) is 0 Å². The predicted octanol–water partition coefficient (Wildman–Crippen LogP) is 3.01. The van der Waals surface area contributed by atoms with Gasteiger partial charge in [-0.05, 0) is 12.8 Å². The number of nitrogens with one attached hydrogen (secondary N) is 1. The van der Waals surface area contributed by atoms with Crippen molar-refractivity contribution in [3.63, 3.8) is 0 Å². The molecule has 0 aromatic heterocycles. The lowest BCUT2D eigenvalue weighted by molar-refractivity contribution is 0.426. The van der Waals surface area contributed by atoms with Gasteiger partial charge in [0.15, 0.2) is 0 Å². The van der Waals surface area contributed by atoms with E-state index >= 15 is 0 Å². The van der Waals surface area contributed by atoms with Crippen LogP contribution in [0.3, 0.4) is 0 Å². The Hall–Kier alpha value is 0.310. The molecular weight excluding hydrogens is 166 g/mol. The van der Waals surface area contributed by atoms with Crippen LogP contribution in [0.1, 0.15) is 46.5 Å². The van der Waals surface area contributed by atoms with Crippen LogP contribution in [0.2, 0.25) is 0 Å². The van der Waals surface area contributed by atoms with E-state index < -0.39 is 0 Å². The van der Waals surface area contributed by atoms with Crippen molar-refractivity contribution < 1.29 is 0 Å². The Morgan fingerprint density at radius 3 is 2.25 bits per heavy atom. The molecule has 0 spiro atoms. The molecule has 0 saturated carbocycles. The molecule has 1 aliphatic rings. The molecule has 2 heteroatoms. The van der Waals surface area contributed by atoms with Gasteiger partial charge in [0.2, 0.25) is 0 Å². The molecule has 0 aliphatic carbocycles. The average molecular weight is 187 g/mol. The molecule has 1 heterocycles. The van der Waals surface area contributed by atoms with Gasteiger partial charge in [-0.2, -0.15) is 0 Å². The Balaban J connectivity index is 2.48. The Bertz CT molecular complexity index is 124. The first kappa shape index (κ1) is 10.4. The maximum atomic E-state index is 3.68. The van der Waals surface area contributed by atoms with Crippen molar-refractivity contribution >= 4 is 11.8 Å². The standard InChI is InChI=1S/C10H21NS/c1-4-6-10(7-5-2)11-8-9(3)12-10/h9,11H,4-8H2,1-3H3. The van der Waals surface area contributed by atoms with E-state index in [4.69, 9.17) is 0 Å². The summed E-state index contributed by atoms with van der Waals surface area (Å²) in [7, 11) is 0. The molecule has 0 aromatic rings. The van der Waals surface area contributed by atoms with Crippen molar-refractivity contribution in [1.29, 1.82) is 0 Å². The number of hydrogen-bond acceptors (Lipinski definition) is 2. The largest absolute Gasteiger partial charge is 0.302 e. The summed E-state index contributed by atoms with van der Waals surface area (Å²) in [5.74, 6) is 0. The van der Waals surface area contributed by atoms with Crippen LogP contribution in [0.25, 0.3) is 0 Å². The van der Waals surface area contributed by atoms with E-state index in [2.05, 4.69) is 37.8 Å². The van der Waals surface area contributed by atoms with Crippen molar-refractivity contribution in [3.8, 4) is 0 Å². The van der Waals surface area contributed by atoms with Crippen molar-refractivity contribution in [2.75, 3.05) is 6.54 Å². The van der Waals surface area contributed by atoms with Crippen molar-refractivity contribution in [3.05, 3.63) is 0 Å². The summed E-state index contributed by atoms with van der Waals surface area (Å²) in [5, 5.41) is 4.49. The van der Waals surface area contributed by atoms with Crippen LogP contribution in [0.15, 0.2) is 0 Å². The zero-order chi connectivity index (χ0) is 9.03. The van der Waals surface area contributed by atoms with Gasteiger partial charge in [-0.25, -0.2) is 0 Å². The summed E-state index contributed by atoms with van der Waals surface area (Å²) in [5.41, 5.74) is 0. The highest BCUT2D eigenvalue weighted by Gasteiger charge is 2.35. The zero-order valence-electron chi connectivity index (χ0n) is 8.52. The molecule has 1 saturated heterocycles. The minimum atomic E-state index is 0.433. The molecule has 12 heavy (non-hydrogen) atoms. The Morgan fingerprint density at radius 2 is 1.92 bits per heavy atom. The molecule has 1 nitrogen and oxygen atoms in total. The summed E-state index contributed by atoms with van der Waals surface area (Å²) < 4.78 is 0. The third-order valence-electron chi connectivity index (χ3n) is 2.45. The monoisotopic (exact) mass is 187 g/mol. The van der Waals surface area contributed by atoms with Crippen LogP contribution in [0, 0.1) is 0 Å². The fourth-order valence-electron chi connectivity index (χ4n) is 2.03. The highest BCUT2D eigenvalue weighted by molar-refractivity contribution is 8.01. The fraction of sp³-hybridized carbons (Fsp3) is 1.00. The van der Waals surface area contributed by atoms with Gasteiger partial charge in [-0.3, -0.25) is 0 Å². The van der Waals surface area contributed by atoms with Gasteiger partial charge in [-0.1, -0.05) is 33.6 Å². The van der Waals surface area contributed by atoms with Crippen LogP contribution >= 0.6 is 11.8 Å². The summed E-state index contributed by atoms with van der Waals surface area (Å²) >= 11 is 2.15. The topological polar surface area (TPSA) is 12.0 Å². The molecule has 1 atom stereocenters. The van der Waals surface area contributed by atoms with Crippen molar-refractivity contribution in [2.24, 2.45) is 0 Å². The van der Waals surface area contributed by atoms with Crippen molar-refractivity contribution in [1.82, 2.24) is 5.32 Å². The maximum Gasteiger partial charge on any atom is 0.0648 e. The molecule has 0 bridgehead atoms. The minimum absolute atomic E-state index is 0.433. The molecule has 1 rings (SSSR count). The molecule has 1 unspecified atom stereocenters. The Kier molecular flexibility index (Phi) is 3.91. The third kappa shape index (κ3) is 2.40. The fourth-order valence-corrected chi connectivity index (χ4v) is 3.77. The third-order valence-corrected chi connectivity index (χ3v) is 4.02. The van der Waals surface area contributed by atoms with Gasteiger partial charge < -0.3 is 5.32 Å². The Morgan fingerprint density at radius 1 is 1.33 bits per heavy atom. The quantitative estimate of drug-likeness (QED) is 0.726. The summed E-state index contributed by atoms with van der Waals surface area (Å²) in [6, 6.07) is 0. The summed E-state index contributed by atoms with van der Waals surface area (Å²) in [6.07, 6.45) is 5.26. The Labute approximate surface area is 80.7 Å². The molecule has 1 fully saturated rings. The van der Waals surface area contributed by atoms with E-state index in [0.29, 0.717) is 4.87 Å². The van der Waals surface area contributed by atoms with Crippen LogP contribution < -0.4 is 5.32 Å². The van der Waals surface area contributed by atoms with Gasteiger partial charge in [0.25, 0.3) is 0 Å². The first-order chi connectivity index (χ1) is 5.72. The van der Waals surface area contributed by atoms with Crippen LogP contribution in [-0.2, 0) is 0 Å². The molecule has 1 N–H and O–H groups in total. The molecule has 0 amide bonds.